The van der Waals surface area contributed by atoms with E-state index in [0.29, 0.717) is 10.6 Å². The monoisotopic (exact) mass is 408 g/mol. The minimum Gasteiger partial charge on any atom is -0.468 e. The Kier molecular flexibility index (Phi) is 7.28. The molecule has 1 heterocycles. The molecule has 0 bridgehead atoms. The van der Waals surface area contributed by atoms with Gasteiger partial charge in [-0.2, -0.15) is 5.26 Å². The number of carbonyl (C=O) groups is 3. The van der Waals surface area contributed by atoms with Gasteiger partial charge in [-0.15, -0.1) is 0 Å². The molecule has 1 N–H and O–H groups in total. The fourth-order valence-corrected chi connectivity index (χ4v) is 3.81. The lowest BCUT2D eigenvalue weighted by Crippen LogP contribution is -2.44. The summed E-state index contributed by atoms with van der Waals surface area (Å²) in [5, 5.41) is 12.8. The van der Waals surface area contributed by atoms with E-state index in [1.807, 2.05) is 6.07 Å². The van der Waals surface area contributed by atoms with Gasteiger partial charge in [-0.25, -0.2) is 0 Å². The van der Waals surface area contributed by atoms with Gasteiger partial charge in [0.25, 0.3) is 0 Å². The van der Waals surface area contributed by atoms with Gasteiger partial charge in [0, 0.05) is 10.9 Å². The number of halogens is 1. The van der Waals surface area contributed by atoms with Crippen LogP contribution in [0, 0.1) is 17.2 Å². The molecule has 9 heteroatoms. The Bertz CT molecular complexity index is 833. The van der Waals surface area contributed by atoms with E-state index in [2.05, 4.69) is 10.1 Å². The Morgan fingerprint density at radius 3 is 2.67 bits per heavy atom. The zero-order valence-electron chi connectivity index (χ0n) is 14.7. The molecule has 0 fully saturated rings. The molecular formula is C18H17ClN2O5S. The average molecular weight is 409 g/mol. The van der Waals surface area contributed by atoms with Crippen molar-refractivity contribution in [3.8, 4) is 6.07 Å². The fourth-order valence-electron chi connectivity index (χ4n) is 2.68. The Balaban J connectivity index is 2.57. The van der Waals surface area contributed by atoms with E-state index in [1.54, 1.807) is 31.2 Å². The highest BCUT2D eigenvalue weighted by Crippen LogP contribution is 2.42. The number of amides is 1. The van der Waals surface area contributed by atoms with Crippen LogP contribution in [0.5, 0.6) is 0 Å². The smallest absolute Gasteiger partial charge is 0.319 e. The zero-order valence-corrected chi connectivity index (χ0v) is 16.2. The second-order valence-electron chi connectivity index (χ2n) is 5.44. The van der Waals surface area contributed by atoms with Crippen molar-refractivity contribution in [3.63, 3.8) is 0 Å². The van der Waals surface area contributed by atoms with Crippen LogP contribution in [0.15, 0.2) is 34.9 Å². The first kappa shape index (κ1) is 20.8. The largest absolute Gasteiger partial charge is 0.468 e. The molecular weight excluding hydrogens is 392 g/mol. The van der Waals surface area contributed by atoms with Gasteiger partial charge in [0.15, 0.2) is 0 Å². The minimum absolute atomic E-state index is 0.0907. The Morgan fingerprint density at radius 2 is 2.07 bits per heavy atom. The predicted octanol–water partition coefficient (Wildman–Crippen LogP) is 2.37. The molecule has 0 unspecified atom stereocenters. The van der Waals surface area contributed by atoms with Crippen LogP contribution >= 0.6 is 23.4 Å². The number of hydrogen-bond acceptors (Lipinski definition) is 7. The summed E-state index contributed by atoms with van der Waals surface area (Å²) in [6.07, 6.45) is 0. The number of nitrogens with zero attached hydrogens (tertiary/aromatic N) is 1. The van der Waals surface area contributed by atoms with Crippen LogP contribution in [0.3, 0.4) is 0 Å². The van der Waals surface area contributed by atoms with Gasteiger partial charge in [-0.3, -0.25) is 14.4 Å². The third kappa shape index (κ3) is 4.62. The molecule has 2 atom stereocenters. The highest BCUT2D eigenvalue weighted by atomic mass is 35.5. The molecule has 0 aliphatic carbocycles. The highest BCUT2D eigenvalue weighted by molar-refractivity contribution is 8.03. The molecule has 2 rings (SSSR count). The van der Waals surface area contributed by atoms with E-state index in [1.165, 1.54) is 7.11 Å². The number of rotatable bonds is 6. The van der Waals surface area contributed by atoms with Crippen LogP contribution in [-0.4, -0.2) is 37.3 Å². The van der Waals surface area contributed by atoms with E-state index >= 15 is 0 Å². The fraction of sp³-hybridized carbons (Fsp3) is 0.333. The first-order valence-electron chi connectivity index (χ1n) is 8.00. The third-order valence-electron chi connectivity index (χ3n) is 3.87. The first-order valence-corrected chi connectivity index (χ1v) is 9.36. The summed E-state index contributed by atoms with van der Waals surface area (Å²) in [6, 6.07) is 8.71. The van der Waals surface area contributed by atoms with Crippen molar-refractivity contribution in [1.29, 1.82) is 5.26 Å². The van der Waals surface area contributed by atoms with Crippen LogP contribution in [0.25, 0.3) is 0 Å². The Hall–Kier alpha value is -2.50. The second kappa shape index (κ2) is 9.44. The van der Waals surface area contributed by atoms with E-state index in [9.17, 15) is 19.6 Å². The van der Waals surface area contributed by atoms with Crippen LogP contribution in [0.1, 0.15) is 18.4 Å². The van der Waals surface area contributed by atoms with Crippen molar-refractivity contribution in [1.82, 2.24) is 5.32 Å². The molecule has 7 nitrogen and oxygen atoms in total. The molecule has 1 aromatic carbocycles. The maximum Gasteiger partial charge on any atom is 0.319 e. The maximum atomic E-state index is 12.7. The van der Waals surface area contributed by atoms with Gasteiger partial charge in [0.2, 0.25) is 5.91 Å². The van der Waals surface area contributed by atoms with Gasteiger partial charge >= 0.3 is 11.9 Å². The molecule has 0 aromatic heterocycles. The molecule has 1 aromatic rings. The minimum atomic E-state index is -1.26. The van der Waals surface area contributed by atoms with E-state index in [-0.39, 0.29) is 23.0 Å². The third-order valence-corrected chi connectivity index (χ3v) is 5.21. The number of hydrogen-bond donors (Lipinski definition) is 1. The van der Waals surface area contributed by atoms with Crippen LogP contribution < -0.4 is 5.32 Å². The SMILES string of the molecule is CCOC(=O)[C@H]1C(=O)NC(SCC(=O)OC)=C(C#N)[C@H]1c1ccccc1Cl. The molecule has 0 saturated heterocycles. The summed E-state index contributed by atoms with van der Waals surface area (Å²) in [7, 11) is 1.24. The molecule has 1 aliphatic heterocycles. The zero-order chi connectivity index (χ0) is 20.0. The summed E-state index contributed by atoms with van der Waals surface area (Å²) < 4.78 is 9.62. The standard InChI is InChI=1S/C18H17ClN2O5S/c1-3-26-18(24)15-14(10-6-4-5-7-12(10)19)11(8-20)17(21-16(15)23)27-9-13(22)25-2/h4-7,14-15H,3,9H2,1-2H3,(H,21,23)/t14-,15-/m1/s1. The number of methoxy groups -OCH3 is 1. The lowest BCUT2D eigenvalue weighted by Gasteiger charge is -2.31. The number of ether oxygens (including phenoxy) is 2. The van der Waals surface area contributed by atoms with Crippen molar-refractivity contribution >= 4 is 41.2 Å². The molecule has 0 radical (unpaired) electrons. The molecule has 0 saturated carbocycles. The predicted molar refractivity (Wildman–Crippen MR) is 99.6 cm³/mol. The van der Waals surface area contributed by atoms with Crippen LogP contribution in [0.2, 0.25) is 5.02 Å². The van der Waals surface area contributed by atoms with E-state index < -0.39 is 29.7 Å². The normalized spacial score (nSPS) is 19.1. The van der Waals surface area contributed by atoms with Crippen molar-refractivity contribution in [2.75, 3.05) is 19.5 Å². The molecule has 0 spiro atoms. The topological polar surface area (TPSA) is 105 Å². The Morgan fingerprint density at radius 1 is 1.37 bits per heavy atom. The lowest BCUT2D eigenvalue weighted by atomic mass is 9.78. The number of carbonyl (C=O) groups excluding carboxylic acids is 3. The number of nitrogens with one attached hydrogen (secondary N) is 1. The van der Waals surface area contributed by atoms with Crippen molar-refractivity contribution in [2.24, 2.45) is 5.92 Å². The maximum absolute atomic E-state index is 12.7. The van der Waals surface area contributed by atoms with Crippen molar-refractivity contribution < 1.29 is 23.9 Å². The van der Waals surface area contributed by atoms with Gasteiger partial charge in [0.1, 0.15) is 5.92 Å². The van der Waals surface area contributed by atoms with E-state index in [0.717, 1.165) is 11.8 Å². The Labute approximate surface area is 165 Å². The van der Waals surface area contributed by atoms with Crippen molar-refractivity contribution in [2.45, 2.75) is 12.8 Å². The van der Waals surface area contributed by atoms with Crippen LogP contribution in [0.4, 0.5) is 0 Å². The van der Waals surface area contributed by atoms with Gasteiger partial charge in [-0.1, -0.05) is 41.6 Å². The van der Waals surface area contributed by atoms with E-state index in [4.69, 9.17) is 16.3 Å². The lowest BCUT2D eigenvalue weighted by molar-refractivity contribution is -0.153. The summed E-state index contributed by atoms with van der Waals surface area (Å²) >= 11 is 7.23. The number of nitriles is 1. The number of thioether (sulfide) groups is 1. The number of esters is 2. The number of allylic oxidation sites excluding steroid dienone is 1. The second-order valence-corrected chi connectivity index (χ2v) is 6.83. The summed E-state index contributed by atoms with van der Waals surface area (Å²) in [4.78, 5) is 36.5. The summed E-state index contributed by atoms with van der Waals surface area (Å²) in [5.41, 5.74) is 0.592. The van der Waals surface area contributed by atoms with Gasteiger partial charge < -0.3 is 14.8 Å². The van der Waals surface area contributed by atoms with Gasteiger partial charge in [0.05, 0.1) is 36.1 Å². The average Bonchev–Trinajstić information content (AvgIpc) is 2.65. The summed E-state index contributed by atoms with van der Waals surface area (Å²) in [5.74, 6) is -4.16. The molecule has 1 amide bonds. The van der Waals surface area contributed by atoms with Gasteiger partial charge in [-0.05, 0) is 18.6 Å². The van der Waals surface area contributed by atoms with Crippen molar-refractivity contribution in [3.05, 3.63) is 45.5 Å². The molecule has 1 aliphatic rings. The molecule has 27 heavy (non-hydrogen) atoms. The highest BCUT2D eigenvalue weighted by Gasteiger charge is 2.45. The summed E-state index contributed by atoms with van der Waals surface area (Å²) in [6.45, 7) is 1.72. The van der Waals surface area contributed by atoms with Crippen LogP contribution in [-0.2, 0) is 23.9 Å². The number of benzene rings is 1. The quantitative estimate of drug-likeness (QED) is 0.569. The molecule has 142 valence electrons. The first-order chi connectivity index (χ1) is 12.9.